The summed E-state index contributed by atoms with van der Waals surface area (Å²) in [5, 5.41) is 2.98. The molecule has 0 fully saturated rings. The number of ether oxygens (including phenoxy) is 2. The van der Waals surface area contributed by atoms with Crippen LogP contribution in [0, 0.1) is 0 Å². The van der Waals surface area contributed by atoms with Crippen molar-refractivity contribution in [2.75, 3.05) is 20.3 Å². The molecule has 1 amide bonds. The van der Waals surface area contributed by atoms with Gasteiger partial charge >= 0.3 is 0 Å². The molecule has 0 radical (unpaired) electrons. The predicted octanol–water partition coefficient (Wildman–Crippen LogP) is 3.49. The molecule has 0 aliphatic heterocycles. The first-order chi connectivity index (χ1) is 11.1. The Kier molecular flexibility index (Phi) is 9.02. The summed E-state index contributed by atoms with van der Waals surface area (Å²) in [5.74, 6) is 1.00. The van der Waals surface area contributed by atoms with Gasteiger partial charge in [0.05, 0.1) is 18.2 Å². The minimum absolute atomic E-state index is 0.0109. The monoisotopic (exact) mass is 386 g/mol. The molecule has 0 aromatic heterocycles. The van der Waals surface area contributed by atoms with E-state index in [1.807, 2.05) is 6.92 Å². The van der Waals surface area contributed by atoms with Gasteiger partial charge in [0.15, 0.2) is 11.5 Å². The number of nitrogens with one attached hydrogen (secondary N) is 1. The van der Waals surface area contributed by atoms with Gasteiger partial charge in [0.1, 0.15) is 0 Å². The second-order valence-electron chi connectivity index (χ2n) is 5.39. The lowest BCUT2D eigenvalue weighted by atomic mass is 10.1. The van der Waals surface area contributed by atoms with Gasteiger partial charge in [-0.25, -0.2) is 0 Å². The number of unbranched alkanes of at least 4 members (excludes halogenated alkanes) is 1. The summed E-state index contributed by atoms with van der Waals surface area (Å²) in [7, 11) is 1.56. The minimum atomic E-state index is -0.155. The number of hydrogen-bond donors (Lipinski definition) is 2. The van der Waals surface area contributed by atoms with Crippen LogP contribution in [0.15, 0.2) is 16.6 Å². The molecule has 1 unspecified atom stereocenters. The van der Waals surface area contributed by atoms with Crippen molar-refractivity contribution in [1.29, 1.82) is 0 Å². The van der Waals surface area contributed by atoms with Gasteiger partial charge in [-0.1, -0.05) is 26.7 Å². The second kappa shape index (κ2) is 10.5. The number of halogens is 1. The first-order valence-corrected chi connectivity index (χ1v) is 8.87. The van der Waals surface area contributed by atoms with Gasteiger partial charge in [0.2, 0.25) is 0 Å². The summed E-state index contributed by atoms with van der Waals surface area (Å²) >= 11 is 3.45. The van der Waals surface area contributed by atoms with E-state index in [-0.39, 0.29) is 11.9 Å². The molecule has 0 bridgehead atoms. The molecule has 3 N–H and O–H groups in total. The van der Waals surface area contributed by atoms with Crippen LogP contribution in [0.2, 0.25) is 0 Å². The van der Waals surface area contributed by atoms with Gasteiger partial charge in [0, 0.05) is 18.2 Å². The van der Waals surface area contributed by atoms with Crippen LogP contribution in [-0.2, 0) is 0 Å². The summed E-state index contributed by atoms with van der Waals surface area (Å²) in [6.45, 7) is 5.17. The van der Waals surface area contributed by atoms with Crippen molar-refractivity contribution in [3.8, 4) is 11.5 Å². The quantitative estimate of drug-likeness (QED) is 0.645. The van der Waals surface area contributed by atoms with Gasteiger partial charge in [-0.15, -0.1) is 0 Å². The summed E-state index contributed by atoms with van der Waals surface area (Å²) in [6, 6.07) is 3.43. The first kappa shape index (κ1) is 19.8. The van der Waals surface area contributed by atoms with Gasteiger partial charge in [-0.3, -0.25) is 4.79 Å². The van der Waals surface area contributed by atoms with Crippen LogP contribution in [0.3, 0.4) is 0 Å². The van der Waals surface area contributed by atoms with Crippen molar-refractivity contribution < 1.29 is 14.3 Å². The van der Waals surface area contributed by atoms with Crippen molar-refractivity contribution in [3.63, 3.8) is 0 Å². The largest absolute Gasteiger partial charge is 0.493 e. The number of nitrogens with two attached hydrogens (primary N) is 1. The summed E-state index contributed by atoms with van der Waals surface area (Å²) in [4.78, 5) is 12.4. The molecule has 0 saturated heterocycles. The molecule has 0 heterocycles. The SMILES string of the molecule is CCCCC(CN)NC(=O)c1cc(Br)c(OCCC)c(OC)c1. The number of hydrogen-bond acceptors (Lipinski definition) is 4. The van der Waals surface area contributed by atoms with E-state index in [0.29, 0.717) is 34.7 Å². The highest BCUT2D eigenvalue weighted by molar-refractivity contribution is 9.10. The number of carbonyl (C=O) groups excluding carboxylic acids is 1. The Morgan fingerprint density at radius 1 is 1.35 bits per heavy atom. The number of carbonyl (C=O) groups is 1. The van der Waals surface area contributed by atoms with Crippen molar-refractivity contribution in [2.45, 2.75) is 45.6 Å². The third kappa shape index (κ3) is 6.03. The Balaban J connectivity index is 2.90. The molecular formula is C17H27BrN2O3. The third-order valence-corrected chi connectivity index (χ3v) is 4.06. The van der Waals surface area contributed by atoms with Crippen LogP contribution in [0.4, 0.5) is 0 Å². The molecule has 5 nitrogen and oxygen atoms in total. The van der Waals surface area contributed by atoms with Crippen LogP contribution in [0.5, 0.6) is 11.5 Å². The Hall–Kier alpha value is -1.27. The average Bonchev–Trinajstić information content (AvgIpc) is 2.56. The molecule has 130 valence electrons. The molecular weight excluding hydrogens is 360 g/mol. The molecule has 0 aliphatic rings. The topological polar surface area (TPSA) is 73.6 Å². The zero-order valence-corrected chi connectivity index (χ0v) is 15.7. The molecule has 0 spiro atoms. The van der Waals surface area contributed by atoms with Gasteiger partial charge < -0.3 is 20.5 Å². The van der Waals surface area contributed by atoms with Crippen molar-refractivity contribution in [3.05, 3.63) is 22.2 Å². The van der Waals surface area contributed by atoms with Crippen molar-refractivity contribution >= 4 is 21.8 Å². The van der Waals surface area contributed by atoms with E-state index in [1.165, 1.54) is 0 Å². The van der Waals surface area contributed by atoms with E-state index < -0.39 is 0 Å². The summed E-state index contributed by atoms with van der Waals surface area (Å²) < 4.78 is 11.7. The van der Waals surface area contributed by atoms with E-state index in [1.54, 1.807) is 19.2 Å². The van der Waals surface area contributed by atoms with Gasteiger partial charge in [-0.05, 0) is 40.9 Å². The number of methoxy groups -OCH3 is 1. The molecule has 1 rings (SSSR count). The van der Waals surface area contributed by atoms with Crippen molar-refractivity contribution in [1.82, 2.24) is 5.32 Å². The normalized spacial score (nSPS) is 11.9. The lowest BCUT2D eigenvalue weighted by Gasteiger charge is -2.18. The highest BCUT2D eigenvalue weighted by Crippen LogP contribution is 2.36. The van der Waals surface area contributed by atoms with Crippen molar-refractivity contribution in [2.24, 2.45) is 5.73 Å². The summed E-state index contributed by atoms with van der Waals surface area (Å²) in [5.41, 5.74) is 6.26. The maximum Gasteiger partial charge on any atom is 0.251 e. The average molecular weight is 387 g/mol. The first-order valence-electron chi connectivity index (χ1n) is 8.08. The molecule has 1 aromatic rings. The smallest absolute Gasteiger partial charge is 0.251 e. The highest BCUT2D eigenvalue weighted by Gasteiger charge is 2.17. The van der Waals surface area contributed by atoms with Gasteiger partial charge in [0.25, 0.3) is 5.91 Å². The maximum absolute atomic E-state index is 12.4. The Bertz CT molecular complexity index is 509. The van der Waals surface area contributed by atoms with E-state index in [9.17, 15) is 4.79 Å². The van der Waals surface area contributed by atoms with E-state index in [0.717, 1.165) is 25.7 Å². The number of rotatable bonds is 10. The van der Waals surface area contributed by atoms with Crippen LogP contribution in [0.25, 0.3) is 0 Å². The molecule has 0 aliphatic carbocycles. The lowest BCUT2D eigenvalue weighted by molar-refractivity contribution is 0.0935. The zero-order valence-electron chi connectivity index (χ0n) is 14.2. The fourth-order valence-corrected chi connectivity index (χ4v) is 2.72. The Morgan fingerprint density at radius 3 is 2.65 bits per heavy atom. The Labute approximate surface area is 147 Å². The van der Waals surface area contributed by atoms with E-state index in [4.69, 9.17) is 15.2 Å². The molecule has 1 aromatic carbocycles. The Morgan fingerprint density at radius 2 is 2.09 bits per heavy atom. The van der Waals surface area contributed by atoms with Gasteiger partial charge in [-0.2, -0.15) is 0 Å². The fraction of sp³-hybridized carbons (Fsp3) is 0.588. The lowest BCUT2D eigenvalue weighted by Crippen LogP contribution is -2.40. The minimum Gasteiger partial charge on any atom is -0.493 e. The van der Waals surface area contributed by atoms with Crippen LogP contribution in [0.1, 0.15) is 49.9 Å². The number of benzene rings is 1. The third-order valence-electron chi connectivity index (χ3n) is 3.47. The zero-order chi connectivity index (χ0) is 17.2. The predicted molar refractivity (Wildman–Crippen MR) is 96.3 cm³/mol. The molecule has 1 atom stereocenters. The maximum atomic E-state index is 12.4. The standard InChI is InChI=1S/C17H27BrN2O3/c1-4-6-7-13(11-19)20-17(21)12-9-14(18)16(23-8-5-2)15(10-12)22-3/h9-10,13H,4-8,11,19H2,1-3H3,(H,20,21). The van der Waals surface area contributed by atoms with Crippen LogP contribution in [-0.4, -0.2) is 32.2 Å². The molecule has 23 heavy (non-hydrogen) atoms. The second-order valence-corrected chi connectivity index (χ2v) is 6.24. The summed E-state index contributed by atoms with van der Waals surface area (Å²) in [6.07, 6.45) is 3.90. The van der Waals surface area contributed by atoms with Crippen LogP contribution >= 0.6 is 15.9 Å². The molecule has 6 heteroatoms. The molecule has 0 saturated carbocycles. The van der Waals surface area contributed by atoms with E-state index in [2.05, 4.69) is 28.2 Å². The number of amides is 1. The van der Waals surface area contributed by atoms with Crippen LogP contribution < -0.4 is 20.5 Å². The fourth-order valence-electron chi connectivity index (χ4n) is 2.16. The highest BCUT2D eigenvalue weighted by atomic mass is 79.9. The van der Waals surface area contributed by atoms with E-state index >= 15 is 0 Å².